The van der Waals surface area contributed by atoms with Crippen LogP contribution in [0.1, 0.15) is 50.7 Å². The van der Waals surface area contributed by atoms with Crippen LogP contribution in [0, 0.1) is 17.3 Å². The van der Waals surface area contributed by atoms with Crippen molar-refractivity contribution in [3.63, 3.8) is 0 Å². The van der Waals surface area contributed by atoms with Gasteiger partial charge >= 0.3 is 0 Å². The third-order valence-electron chi connectivity index (χ3n) is 4.75. The Morgan fingerprint density at radius 3 is 2.43 bits per heavy atom. The van der Waals surface area contributed by atoms with Crippen LogP contribution in [-0.2, 0) is 6.54 Å². The van der Waals surface area contributed by atoms with Gasteiger partial charge in [-0.15, -0.1) is 0 Å². The largest absolute Gasteiger partial charge is 0.395 e. The third kappa shape index (κ3) is 4.88. The molecule has 0 radical (unpaired) electrons. The molecule has 0 aliphatic carbocycles. The minimum Gasteiger partial charge on any atom is -0.395 e. The molecule has 1 aliphatic heterocycles. The molecular weight excluding hydrogens is 258 g/mol. The van der Waals surface area contributed by atoms with Crippen molar-refractivity contribution >= 4 is 0 Å². The van der Waals surface area contributed by atoms with Crippen LogP contribution < -0.4 is 0 Å². The van der Waals surface area contributed by atoms with Crippen LogP contribution in [0.25, 0.3) is 0 Å². The van der Waals surface area contributed by atoms with Gasteiger partial charge in [0.25, 0.3) is 0 Å². The molecule has 1 fully saturated rings. The maximum absolute atomic E-state index is 8.72. The minimum absolute atomic E-state index is 0.136. The maximum atomic E-state index is 8.72. The first-order valence-electron chi connectivity index (χ1n) is 8.06. The van der Waals surface area contributed by atoms with Gasteiger partial charge in [0.15, 0.2) is 0 Å². The fraction of sp³-hybridized carbons (Fsp3) is 0.579. The van der Waals surface area contributed by atoms with E-state index in [4.69, 9.17) is 5.11 Å². The van der Waals surface area contributed by atoms with E-state index in [0.717, 1.165) is 12.1 Å². The molecule has 0 amide bonds. The summed E-state index contributed by atoms with van der Waals surface area (Å²) in [7, 11) is 0. The lowest BCUT2D eigenvalue weighted by molar-refractivity contribution is 0.109. The van der Waals surface area contributed by atoms with Gasteiger partial charge in [0.1, 0.15) is 0 Å². The molecule has 1 N–H and O–H groups in total. The number of rotatable bonds is 4. The SMILES string of the molecule is CCC1(C)CCN(Cc2ccc(C#CCCO)cc2)CC1. The summed E-state index contributed by atoms with van der Waals surface area (Å²) in [5.41, 5.74) is 2.95. The van der Waals surface area contributed by atoms with Gasteiger partial charge in [0.05, 0.1) is 6.61 Å². The summed E-state index contributed by atoms with van der Waals surface area (Å²) in [4.78, 5) is 2.56. The molecule has 1 saturated heterocycles. The van der Waals surface area contributed by atoms with Gasteiger partial charge in [-0.2, -0.15) is 0 Å². The van der Waals surface area contributed by atoms with Gasteiger partial charge in [-0.25, -0.2) is 0 Å². The number of benzene rings is 1. The number of likely N-dealkylation sites (tertiary alicyclic amines) is 1. The lowest BCUT2D eigenvalue weighted by Crippen LogP contribution is -2.37. The van der Waals surface area contributed by atoms with Crippen LogP contribution in [0.15, 0.2) is 24.3 Å². The van der Waals surface area contributed by atoms with Crippen molar-refractivity contribution < 1.29 is 5.11 Å². The molecule has 2 nitrogen and oxygen atoms in total. The van der Waals surface area contributed by atoms with Crippen LogP contribution in [0.5, 0.6) is 0 Å². The van der Waals surface area contributed by atoms with E-state index in [2.05, 4.69) is 54.9 Å². The summed E-state index contributed by atoms with van der Waals surface area (Å²) in [6.45, 7) is 8.34. The highest BCUT2D eigenvalue weighted by Crippen LogP contribution is 2.34. The molecule has 0 atom stereocenters. The summed E-state index contributed by atoms with van der Waals surface area (Å²) in [5.74, 6) is 6.03. The maximum Gasteiger partial charge on any atom is 0.0540 e. The fourth-order valence-electron chi connectivity index (χ4n) is 2.78. The second kappa shape index (κ2) is 7.64. The van der Waals surface area contributed by atoms with E-state index < -0.39 is 0 Å². The summed E-state index contributed by atoms with van der Waals surface area (Å²) < 4.78 is 0. The summed E-state index contributed by atoms with van der Waals surface area (Å²) >= 11 is 0. The zero-order chi connectivity index (χ0) is 15.1. The van der Waals surface area contributed by atoms with Crippen LogP contribution >= 0.6 is 0 Å². The molecular formula is C19H27NO. The summed E-state index contributed by atoms with van der Waals surface area (Å²) in [6, 6.07) is 8.52. The Morgan fingerprint density at radius 2 is 1.86 bits per heavy atom. The Kier molecular flexibility index (Phi) is 5.85. The monoisotopic (exact) mass is 285 g/mol. The first kappa shape index (κ1) is 16.1. The highest BCUT2D eigenvalue weighted by Gasteiger charge is 2.27. The molecule has 2 heteroatoms. The molecule has 1 aromatic carbocycles. The Morgan fingerprint density at radius 1 is 1.19 bits per heavy atom. The van der Waals surface area contributed by atoms with Gasteiger partial charge in [0, 0.05) is 18.5 Å². The standard InChI is InChI=1S/C19H27NO/c1-3-19(2)11-13-20(14-12-19)16-18-9-7-17(8-10-18)6-4-5-15-21/h7-10,21H,3,5,11-16H2,1-2H3. The zero-order valence-electron chi connectivity index (χ0n) is 13.4. The van der Waals surface area contributed by atoms with Gasteiger partial charge in [-0.3, -0.25) is 4.90 Å². The molecule has 1 heterocycles. The Balaban J connectivity index is 1.86. The van der Waals surface area contributed by atoms with E-state index >= 15 is 0 Å². The van der Waals surface area contributed by atoms with Crippen LogP contribution in [0.3, 0.4) is 0 Å². The van der Waals surface area contributed by atoms with E-state index in [1.807, 2.05) is 0 Å². The first-order valence-corrected chi connectivity index (χ1v) is 8.06. The van der Waals surface area contributed by atoms with Gasteiger partial charge < -0.3 is 5.11 Å². The van der Waals surface area contributed by atoms with E-state index in [9.17, 15) is 0 Å². The summed E-state index contributed by atoms with van der Waals surface area (Å²) in [5, 5.41) is 8.72. The smallest absolute Gasteiger partial charge is 0.0540 e. The molecule has 1 aromatic rings. The molecule has 0 bridgehead atoms. The quantitative estimate of drug-likeness (QED) is 0.857. The van der Waals surface area contributed by atoms with E-state index in [1.165, 1.54) is 37.9 Å². The van der Waals surface area contributed by atoms with Crippen LogP contribution in [0.4, 0.5) is 0 Å². The van der Waals surface area contributed by atoms with Crippen LogP contribution in [-0.4, -0.2) is 29.7 Å². The average Bonchev–Trinajstić information content (AvgIpc) is 2.52. The zero-order valence-corrected chi connectivity index (χ0v) is 13.4. The second-order valence-corrected chi connectivity index (χ2v) is 6.41. The first-order chi connectivity index (χ1) is 10.1. The lowest BCUT2D eigenvalue weighted by atomic mass is 9.78. The molecule has 1 aliphatic rings. The predicted octanol–water partition coefficient (Wildman–Crippen LogP) is 3.43. The highest BCUT2D eigenvalue weighted by molar-refractivity contribution is 5.36. The highest BCUT2D eigenvalue weighted by atomic mass is 16.2. The summed E-state index contributed by atoms with van der Waals surface area (Å²) in [6.07, 6.45) is 4.47. The number of hydrogen-bond acceptors (Lipinski definition) is 2. The molecule has 21 heavy (non-hydrogen) atoms. The van der Waals surface area contributed by atoms with Crippen molar-refractivity contribution in [2.45, 2.75) is 46.1 Å². The van der Waals surface area contributed by atoms with Crippen molar-refractivity contribution in [2.24, 2.45) is 5.41 Å². The molecule has 0 unspecified atom stereocenters. The van der Waals surface area contributed by atoms with Crippen molar-refractivity contribution in [3.05, 3.63) is 35.4 Å². The second-order valence-electron chi connectivity index (χ2n) is 6.41. The van der Waals surface area contributed by atoms with Crippen LogP contribution in [0.2, 0.25) is 0 Å². The van der Waals surface area contributed by atoms with Gasteiger partial charge in [-0.05, 0) is 49.0 Å². The van der Waals surface area contributed by atoms with E-state index in [0.29, 0.717) is 11.8 Å². The van der Waals surface area contributed by atoms with Gasteiger partial charge in [-0.1, -0.05) is 44.2 Å². The Hall–Kier alpha value is -1.30. The number of aliphatic hydroxyl groups is 1. The minimum atomic E-state index is 0.136. The van der Waals surface area contributed by atoms with E-state index in [1.54, 1.807) is 0 Å². The lowest BCUT2D eigenvalue weighted by Gasteiger charge is -2.39. The van der Waals surface area contributed by atoms with Crippen molar-refractivity contribution in [2.75, 3.05) is 19.7 Å². The molecule has 0 saturated carbocycles. The molecule has 0 aromatic heterocycles. The third-order valence-corrected chi connectivity index (χ3v) is 4.75. The van der Waals surface area contributed by atoms with Crippen molar-refractivity contribution in [1.29, 1.82) is 0 Å². The van der Waals surface area contributed by atoms with Gasteiger partial charge in [0.2, 0.25) is 0 Å². The molecule has 114 valence electrons. The number of nitrogens with zero attached hydrogens (tertiary/aromatic N) is 1. The normalized spacial score (nSPS) is 18.0. The van der Waals surface area contributed by atoms with E-state index in [-0.39, 0.29) is 6.61 Å². The number of aliphatic hydroxyl groups excluding tert-OH is 1. The topological polar surface area (TPSA) is 23.5 Å². The van der Waals surface area contributed by atoms with Crippen molar-refractivity contribution in [3.8, 4) is 11.8 Å². The molecule has 0 spiro atoms. The van der Waals surface area contributed by atoms with Crippen molar-refractivity contribution in [1.82, 2.24) is 4.90 Å². The molecule has 2 rings (SSSR count). The predicted molar refractivity (Wildman–Crippen MR) is 87.9 cm³/mol. The average molecular weight is 285 g/mol. The Labute approximate surface area is 129 Å². The fourth-order valence-corrected chi connectivity index (χ4v) is 2.78. The number of hydrogen-bond donors (Lipinski definition) is 1. The Bertz CT molecular complexity index is 487. The number of piperidine rings is 1.